The van der Waals surface area contributed by atoms with Crippen LogP contribution in [-0.4, -0.2) is 13.1 Å². The molecule has 1 aromatic carbocycles. The summed E-state index contributed by atoms with van der Waals surface area (Å²) < 4.78 is 4.57. The highest BCUT2D eigenvalue weighted by atomic mass is 35.5. The molecule has 0 saturated carbocycles. The van der Waals surface area contributed by atoms with E-state index in [0.29, 0.717) is 10.7 Å². The predicted octanol–water partition coefficient (Wildman–Crippen LogP) is 1.95. The van der Waals surface area contributed by atoms with Gasteiger partial charge in [-0.15, -0.1) is 0 Å². The summed E-state index contributed by atoms with van der Waals surface area (Å²) in [6.45, 7) is 1.83. The van der Waals surface area contributed by atoms with Crippen molar-refractivity contribution < 1.29 is 9.53 Å². The molecule has 0 radical (unpaired) electrons. The molecule has 0 aromatic heterocycles. The minimum Gasteiger partial charge on any atom is -0.469 e. The first-order chi connectivity index (χ1) is 6.56. The zero-order valence-corrected chi connectivity index (χ0v) is 8.89. The Kier molecular flexibility index (Phi) is 3.36. The molecule has 0 saturated heterocycles. The quantitative estimate of drug-likeness (QED) is 0.604. The van der Waals surface area contributed by atoms with Gasteiger partial charge in [0.05, 0.1) is 24.2 Å². The van der Waals surface area contributed by atoms with Crippen molar-refractivity contribution in [2.75, 3.05) is 12.8 Å². The Hall–Kier alpha value is -1.22. The largest absolute Gasteiger partial charge is 0.469 e. The number of hydrogen-bond acceptors (Lipinski definition) is 3. The number of methoxy groups -OCH3 is 1. The topological polar surface area (TPSA) is 52.3 Å². The van der Waals surface area contributed by atoms with E-state index in [1.807, 2.05) is 6.92 Å². The van der Waals surface area contributed by atoms with Crippen LogP contribution in [0.5, 0.6) is 0 Å². The molecule has 0 fully saturated rings. The Morgan fingerprint density at radius 1 is 1.57 bits per heavy atom. The fourth-order valence-electron chi connectivity index (χ4n) is 1.17. The van der Waals surface area contributed by atoms with Crippen molar-refractivity contribution in [1.82, 2.24) is 0 Å². The number of hydrogen-bond donors (Lipinski definition) is 1. The fourth-order valence-corrected chi connectivity index (χ4v) is 1.35. The zero-order valence-electron chi connectivity index (χ0n) is 8.13. The molecule has 0 aliphatic rings. The molecule has 14 heavy (non-hydrogen) atoms. The predicted molar refractivity (Wildman–Crippen MR) is 56.3 cm³/mol. The number of carbonyl (C=O) groups excluding carboxylic acids is 1. The van der Waals surface area contributed by atoms with E-state index in [2.05, 4.69) is 4.74 Å². The molecule has 0 spiro atoms. The second-order valence-electron chi connectivity index (χ2n) is 3.01. The number of ether oxygens (including phenoxy) is 1. The highest BCUT2D eigenvalue weighted by Crippen LogP contribution is 2.26. The number of nitrogens with two attached hydrogens (primary N) is 1. The van der Waals surface area contributed by atoms with Crippen molar-refractivity contribution in [1.29, 1.82) is 0 Å². The lowest BCUT2D eigenvalue weighted by Crippen LogP contribution is -2.06. The molecule has 3 nitrogen and oxygen atoms in total. The molecule has 1 rings (SSSR count). The number of anilines is 1. The lowest BCUT2D eigenvalue weighted by Gasteiger charge is -2.08. The van der Waals surface area contributed by atoms with Crippen LogP contribution in [0.1, 0.15) is 11.1 Å². The fraction of sp³-hybridized carbons (Fsp3) is 0.300. The van der Waals surface area contributed by atoms with Crippen molar-refractivity contribution in [2.45, 2.75) is 13.3 Å². The van der Waals surface area contributed by atoms with Gasteiger partial charge in [0.15, 0.2) is 0 Å². The van der Waals surface area contributed by atoms with Crippen molar-refractivity contribution in [3.8, 4) is 0 Å². The molecule has 0 unspecified atom stereocenters. The van der Waals surface area contributed by atoms with Crippen LogP contribution in [0.3, 0.4) is 0 Å². The maximum absolute atomic E-state index is 11.0. The van der Waals surface area contributed by atoms with Gasteiger partial charge in [-0.2, -0.15) is 0 Å². The zero-order chi connectivity index (χ0) is 10.7. The first-order valence-electron chi connectivity index (χ1n) is 4.16. The average molecular weight is 214 g/mol. The van der Waals surface area contributed by atoms with Crippen molar-refractivity contribution in [2.24, 2.45) is 0 Å². The third kappa shape index (κ3) is 2.17. The third-order valence-electron chi connectivity index (χ3n) is 2.09. The van der Waals surface area contributed by atoms with Gasteiger partial charge in [-0.05, 0) is 24.1 Å². The van der Waals surface area contributed by atoms with Crippen LogP contribution in [-0.2, 0) is 16.0 Å². The Labute approximate surface area is 87.8 Å². The van der Waals surface area contributed by atoms with Gasteiger partial charge >= 0.3 is 5.97 Å². The second-order valence-corrected chi connectivity index (χ2v) is 3.38. The number of halogens is 1. The van der Waals surface area contributed by atoms with Crippen LogP contribution in [0, 0.1) is 6.92 Å². The van der Waals surface area contributed by atoms with Crippen LogP contribution in [0.4, 0.5) is 5.69 Å². The first-order valence-corrected chi connectivity index (χ1v) is 4.54. The van der Waals surface area contributed by atoms with Gasteiger partial charge in [-0.25, -0.2) is 0 Å². The molecule has 4 heteroatoms. The summed E-state index contributed by atoms with van der Waals surface area (Å²) in [7, 11) is 1.36. The molecule has 0 aliphatic heterocycles. The Morgan fingerprint density at radius 2 is 2.21 bits per heavy atom. The van der Waals surface area contributed by atoms with Crippen LogP contribution in [0.15, 0.2) is 12.1 Å². The van der Waals surface area contributed by atoms with E-state index >= 15 is 0 Å². The summed E-state index contributed by atoms with van der Waals surface area (Å²) in [6, 6.07) is 3.47. The molecule has 2 N–H and O–H groups in total. The average Bonchev–Trinajstić information content (AvgIpc) is 2.19. The third-order valence-corrected chi connectivity index (χ3v) is 2.59. The van der Waals surface area contributed by atoms with E-state index in [9.17, 15) is 4.79 Å². The standard InChI is InChI=1S/C10H12ClNO2/c1-6-7(5-9(13)14-2)3-4-8(12)10(6)11/h3-4H,5,12H2,1-2H3. The Balaban J connectivity index is 3.00. The number of nitrogen functional groups attached to an aromatic ring is 1. The van der Waals surface area contributed by atoms with Crippen molar-refractivity contribution in [3.05, 3.63) is 28.3 Å². The summed E-state index contributed by atoms with van der Waals surface area (Å²) in [5.74, 6) is -0.283. The van der Waals surface area contributed by atoms with E-state index in [-0.39, 0.29) is 12.4 Å². The second kappa shape index (κ2) is 4.33. The van der Waals surface area contributed by atoms with E-state index in [1.54, 1.807) is 12.1 Å². The molecule has 0 aliphatic carbocycles. The van der Waals surface area contributed by atoms with Gasteiger partial charge in [0.25, 0.3) is 0 Å². The van der Waals surface area contributed by atoms with E-state index in [1.165, 1.54) is 7.11 Å². The van der Waals surface area contributed by atoms with E-state index in [4.69, 9.17) is 17.3 Å². The lowest BCUT2D eigenvalue weighted by molar-refractivity contribution is -0.139. The monoisotopic (exact) mass is 213 g/mol. The SMILES string of the molecule is COC(=O)Cc1ccc(N)c(Cl)c1C. The van der Waals surface area contributed by atoms with Crippen molar-refractivity contribution in [3.63, 3.8) is 0 Å². The van der Waals surface area contributed by atoms with E-state index < -0.39 is 0 Å². The van der Waals surface area contributed by atoms with Gasteiger partial charge in [0.1, 0.15) is 0 Å². The number of esters is 1. The normalized spacial score (nSPS) is 9.93. The molecule has 1 aromatic rings. The minimum absolute atomic E-state index is 0.225. The van der Waals surface area contributed by atoms with Crippen molar-refractivity contribution >= 4 is 23.3 Å². The summed E-state index contributed by atoms with van der Waals surface area (Å²) in [6.07, 6.45) is 0.225. The Bertz CT molecular complexity index is 363. The molecule has 0 bridgehead atoms. The smallest absolute Gasteiger partial charge is 0.309 e. The molecule has 0 amide bonds. The van der Waals surface area contributed by atoms with Crippen LogP contribution in [0.2, 0.25) is 5.02 Å². The lowest BCUT2D eigenvalue weighted by atomic mass is 10.1. The maximum Gasteiger partial charge on any atom is 0.309 e. The number of benzene rings is 1. The molecular weight excluding hydrogens is 202 g/mol. The van der Waals surface area contributed by atoms with E-state index in [0.717, 1.165) is 11.1 Å². The highest BCUT2D eigenvalue weighted by molar-refractivity contribution is 6.33. The Morgan fingerprint density at radius 3 is 2.79 bits per heavy atom. The minimum atomic E-state index is -0.283. The summed E-state index contributed by atoms with van der Waals surface area (Å²) >= 11 is 5.93. The van der Waals surface area contributed by atoms with Crippen LogP contribution >= 0.6 is 11.6 Å². The van der Waals surface area contributed by atoms with Gasteiger partial charge in [0, 0.05) is 0 Å². The van der Waals surface area contributed by atoms with Crippen LogP contribution in [0.25, 0.3) is 0 Å². The van der Waals surface area contributed by atoms with Gasteiger partial charge in [-0.3, -0.25) is 4.79 Å². The molecule has 0 heterocycles. The number of carbonyl (C=O) groups is 1. The highest BCUT2D eigenvalue weighted by Gasteiger charge is 2.09. The van der Waals surface area contributed by atoms with Gasteiger partial charge in [-0.1, -0.05) is 17.7 Å². The molecular formula is C10H12ClNO2. The van der Waals surface area contributed by atoms with Gasteiger partial charge in [0.2, 0.25) is 0 Å². The summed E-state index contributed by atoms with van der Waals surface area (Å²) in [4.78, 5) is 11.0. The maximum atomic E-state index is 11.0. The van der Waals surface area contributed by atoms with Gasteiger partial charge < -0.3 is 10.5 Å². The summed E-state index contributed by atoms with van der Waals surface area (Å²) in [5.41, 5.74) is 7.80. The van der Waals surface area contributed by atoms with Crippen LogP contribution < -0.4 is 5.73 Å². The molecule has 0 atom stereocenters. The number of rotatable bonds is 2. The molecule has 76 valence electrons. The first kappa shape index (κ1) is 10.9. The summed E-state index contributed by atoms with van der Waals surface area (Å²) in [5, 5.41) is 0.506.